The van der Waals surface area contributed by atoms with Crippen molar-refractivity contribution < 1.29 is 9.47 Å². The second-order valence-electron chi connectivity index (χ2n) is 5.60. The number of hydrogen-bond donors (Lipinski definition) is 1. The van der Waals surface area contributed by atoms with Gasteiger partial charge in [-0.3, -0.25) is 14.3 Å². The molecular formula is C14H20N4O4. The van der Waals surface area contributed by atoms with Crippen molar-refractivity contribution in [2.75, 3.05) is 13.4 Å². The van der Waals surface area contributed by atoms with E-state index in [2.05, 4.69) is 9.97 Å². The molecule has 0 amide bonds. The molecule has 1 atom stereocenters. The van der Waals surface area contributed by atoms with Crippen molar-refractivity contribution in [1.29, 1.82) is 0 Å². The second kappa shape index (κ2) is 6.05. The Morgan fingerprint density at radius 1 is 1.27 bits per heavy atom. The van der Waals surface area contributed by atoms with Crippen LogP contribution in [0.2, 0.25) is 0 Å². The third-order valence-corrected chi connectivity index (χ3v) is 4.09. The van der Waals surface area contributed by atoms with E-state index in [9.17, 15) is 9.59 Å². The topological polar surface area (TPSA) is 91.1 Å². The molecule has 0 bridgehead atoms. The monoisotopic (exact) mass is 308 g/mol. The van der Waals surface area contributed by atoms with Crippen LogP contribution in [0.3, 0.4) is 0 Å². The molecule has 1 aliphatic rings. The van der Waals surface area contributed by atoms with Gasteiger partial charge in [0.25, 0.3) is 5.56 Å². The summed E-state index contributed by atoms with van der Waals surface area (Å²) in [4.78, 5) is 30.3. The molecule has 3 rings (SSSR count). The first-order valence-corrected chi connectivity index (χ1v) is 7.42. The quantitative estimate of drug-likeness (QED) is 0.788. The highest BCUT2D eigenvalue weighted by Gasteiger charge is 2.17. The first-order valence-electron chi connectivity index (χ1n) is 7.42. The fourth-order valence-electron chi connectivity index (χ4n) is 2.77. The molecule has 1 aliphatic heterocycles. The number of nitrogens with zero attached hydrogens (tertiary/aromatic N) is 3. The number of fused-ring (bicyclic) bond motifs is 1. The van der Waals surface area contributed by atoms with Crippen LogP contribution >= 0.6 is 0 Å². The van der Waals surface area contributed by atoms with Gasteiger partial charge in [0.1, 0.15) is 12.6 Å². The lowest BCUT2D eigenvalue weighted by molar-refractivity contribution is 0.0440. The van der Waals surface area contributed by atoms with Crippen LogP contribution < -0.4 is 11.2 Å². The maximum Gasteiger partial charge on any atom is 0.329 e. The lowest BCUT2D eigenvalue weighted by atomic mass is 10.1. The van der Waals surface area contributed by atoms with E-state index in [4.69, 9.17) is 9.47 Å². The van der Waals surface area contributed by atoms with E-state index in [0.29, 0.717) is 24.6 Å². The van der Waals surface area contributed by atoms with Crippen LogP contribution in [0.1, 0.15) is 25.1 Å². The maximum atomic E-state index is 11.9. The van der Waals surface area contributed by atoms with Crippen molar-refractivity contribution in [3.63, 3.8) is 0 Å². The minimum atomic E-state index is -0.444. The average molecular weight is 308 g/mol. The van der Waals surface area contributed by atoms with Crippen molar-refractivity contribution in [2.45, 2.75) is 31.8 Å². The van der Waals surface area contributed by atoms with E-state index in [1.165, 1.54) is 4.57 Å². The molecule has 8 nitrogen and oxygen atoms in total. The van der Waals surface area contributed by atoms with Crippen LogP contribution in [0.4, 0.5) is 0 Å². The van der Waals surface area contributed by atoms with E-state index in [0.717, 1.165) is 31.5 Å². The van der Waals surface area contributed by atoms with Crippen LogP contribution in [0.25, 0.3) is 11.2 Å². The molecule has 2 aromatic heterocycles. The molecule has 0 aliphatic carbocycles. The van der Waals surface area contributed by atoms with Gasteiger partial charge in [0, 0.05) is 20.5 Å². The van der Waals surface area contributed by atoms with E-state index in [1.54, 1.807) is 18.7 Å². The molecule has 8 heteroatoms. The van der Waals surface area contributed by atoms with Gasteiger partial charge in [0.15, 0.2) is 11.2 Å². The first kappa shape index (κ1) is 15.0. The van der Waals surface area contributed by atoms with Gasteiger partial charge in [-0.15, -0.1) is 0 Å². The van der Waals surface area contributed by atoms with Crippen LogP contribution in [0.15, 0.2) is 9.59 Å². The maximum absolute atomic E-state index is 11.9. The van der Waals surface area contributed by atoms with Gasteiger partial charge in [0.05, 0.1) is 12.7 Å². The van der Waals surface area contributed by atoms with Crippen molar-refractivity contribution in [3.8, 4) is 0 Å². The van der Waals surface area contributed by atoms with E-state index >= 15 is 0 Å². The van der Waals surface area contributed by atoms with Crippen LogP contribution in [0.5, 0.6) is 0 Å². The predicted octanol–water partition coefficient (Wildman–Crippen LogP) is 0.0460. The molecule has 1 unspecified atom stereocenters. The smallest absolute Gasteiger partial charge is 0.329 e. The summed E-state index contributed by atoms with van der Waals surface area (Å²) in [5.41, 5.74) is 0.0276. The second-order valence-corrected chi connectivity index (χ2v) is 5.60. The molecule has 120 valence electrons. The molecule has 1 N–H and O–H groups in total. The summed E-state index contributed by atoms with van der Waals surface area (Å²) in [6.45, 7) is 1.07. The number of rotatable bonds is 5. The number of unbranched alkanes of at least 4 members (excludes halogenated alkanes) is 1. The highest BCUT2D eigenvalue weighted by molar-refractivity contribution is 5.70. The Bertz CT molecular complexity index is 782. The molecule has 1 fully saturated rings. The Morgan fingerprint density at radius 3 is 2.82 bits per heavy atom. The Kier molecular flexibility index (Phi) is 4.12. The molecule has 22 heavy (non-hydrogen) atoms. The van der Waals surface area contributed by atoms with E-state index < -0.39 is 11.2 Å². The van der Waals surface area contributed by atoms with Gasteiger partial charge in [-0.25, -0.2) is 9.78 Å². The first-order chi connectivity index (χ1) is 10.6. The number of aromatic nitrogens is 4. The fraction of sp³-hybridized carbons (Fsp3) is 0.643. The van der Waals surface area contributed by atoms with Gasteiger partial charge < -0.3 is 14.0 Å². The van der Waals surface area contributed by atoms with Crippen molar-refractivity contribution in [3.05, 3.63) is 26.7 Å². The largest absolute Gasteiger partial charge is 0.353 e. The van der Waals surface area contributed by atoms with Gasteiger partial charge >= 0.3 is 5.69 Å². The standard InChI is InChI=1S/C14H20N4O4/c1-17-10(6-4-3-5-9-7-21-8-22-9)15-12-11(17)13(19)16-14(20)18(12)2/h9H,3-8H2,1-2H3,(H,16,19,20). The predicted molar refractivity (Wildman–Crippen MR) is 79.8 cm³/mol. The van der Waals surface area contributed by atoms with Gasteiger partial charge in [-0.05, 0) is 12.8 Å². The Labute approximate surface area is 126 Å². The lowest BCUT2D eigenvalue weighted by Gasteiger charge is -2.06. The molecule has 1 saturated heterocycles. The van der Waals surface area contributed by atoms with Crippen LogP contribution in [0, 0.1) is 0 Å². The molecule has 0 radical (unpaired) electrons. The molecule has 0 saturated carbocycles. The highest BCUT2D eigenvalue weighted by Crippen LogP contribution is 2.14. The molecule has 0 spiro atoms. The van der Waals surface area contributed by atoms with E-state index in [-0.39, 0.29) is 6.10 Å². The minimum Gasteiger partial charge on any atom is -0.353 e. The summed E-state index contributed by atoms with van der Waals surface area (Å²) < 4.78 is 13.7. The Balaban J connectivity index is 1.72. The number of nitrogens with one attached hydrogen (secondary N) is 1. The molecule has 3 heterocycles. The van der Waals surface area contributed by atoms with E-state index in [1.807, 2.05) is 0 Å². The number of aryl methyl sites for hydroxylation is 3. The molecular weight excluding hydrogens is 288 g/mol. The number of imidazole rings is 1. The zero-order chi connectivity index (χ0) is 15.7. The van der Waals surface area contributed by atoms with Crippen molar-refractivity contribution >= 4 is 11.2 Å². The summed E-state index contributed by atoms with van der Waals surface area (Å²) in [5.74, 6) is 0.810. The summed E-state index contributed by atoms with van der Waals surface area (Å²) in [6, 6.07) is 0. The zero-order valence-electron chi connectivity index (χ0n) is 12.8. The number of ether oxygens (including phenoxy) is 2. The number of hydrogen-bond acceptors (Lipinski definition) is 5. The fourth-order valence-corrected chi connectivity index (χ4v) is 2.77. The third-order valence-electron chi connectivity index (χ3n) is 4.09. The van der Waals surface area contributed by atoms with Gasteiger partial charge in [0.2, 0.25) is 0 Å². The Hall–Kier alpha value is -1.93. The minimum absolute atomic E-state index is 0.198. The number of H-pyrrole nitrogens is 1. The summed E-state index contributed by atoms with van der Waals surface area (Å²) >= 11 is 0. The van der Waals surface area contributed by atoms with Crippen LogP contribution in [-0.4, -0.2) is 38.6 Å². The van der Waals surface area contributed by atoms with Crippen molar-refractivity contribution in [1.82, 2.24) is 19.1 Å². The third kappa shape index (κ3) is 2.71. The number of aromatic amines is 1. The summed E-state index contributed by atoms with van der Waals surface area (Å²) in [5, 5.41) is 0. The Morgan fingerprint density at radius 2 is 2.09 bits per heavy atom. The highest BCUT2D eigenvalue weighted by atomic mass is 16.7. The lowest BCUT2D eigenvalue weighted by Crippen LogP contribution is -2.29. The zero-order valence-corrected chi connectivity index (χ0v) is 12.8. The summed E-state index contributed by atoms with van der Waals surface area (Å²) in [6.07, 6.45) is 3.87. The normalized spacial score (nSPS) is 18.4. The molecule has 0 aromatic carbocycles. The molecule has 2 aromatic rings. The van der Waals surface area contributed by atoms with Gasteiger partial charge in [-0.2, -0.15) is 0 Å². The summed E-state index contributed by atoms with van der Waals surface area (Å²) in [7, 11) is 3.41. The van der Waals surface area contributed by atoms with Gasteiger partial charge in [-0.1, -0.05) is 6.42 Å². The van der Waals surface area contributed by atoms with Crippen LogP contribution in [-0.2, 0) is 30.0 Å². The van der Waals surface area contributed by atoms with Crippen molar-refractivity contribution in [2.24, 2.45) is 14.1 Å². The SMILES string of the molecule is Cn1c(CCCCC2COCO2)nc2c1c(=O)[nH]c(=O)n2C. The average Bonchev–Trinajstić information content (AvgIpc) is 3.10.